The van der Waals surface area contributed by atoms with Gasteiger partial charge in [0.1, 0.15) is 0 Å². The van der Waals surface area contributed by atoms with Gasteiger partial charge in [0.15, 0.2) is 0 Å². The van der Waals surface area contributed by atoms with Gasteiger partial charge >= 0.3 is 0 Å². The molecule has 2 unspecified atom stereocenters. The van der Waals surface area contributed by atoms with Crippen LogP contribution in [0.2, 0.25) is 0 Å². The third kappa shape index (κ3) is 3.03. The summed E-state index contributed by atoms with van der Waals surface area (Å²) in [4.78, 5) is 12.3. The maximum absolute atomic E-state index is 12.3. The SMILES string of the molecule is Cc1c(I)cccc1NC(=O)C1CCNCC1C. The van der Waals surface area contributed by atoms with Crippen LogP contribution in [-0.2, 0) is 4.79 Å². The number of amides is 1. The molecule has 1 saturated heterocycles. The number of carbonyl (C=O) groups excluding carboxylic acids is 1. The van der Waals surface area contributed by atoms with Crippen molar-refractivity contribution in [1.29, 1.82) is 0 Å². The monoisotopic (exact) mass is 358 g/mol. The fourth-order valence-electron chi connectivity index (χ4n) is 2.37. The number of piperidine rings is 1. The van der Waals surface area contributed by atoms with Crippen molar-refractivity contribution in [2.24, 2.45) is 11.8 Å². The van der Waals surface area contributed by atoms with E-state index in [0.29, 0.717) is 5.92 Å². The van der Waals surface area contributed by atoms with Gasteiger partial charge in [-0.15, -0.1) is 0 Å². The second-order valence-electron chi connectivity index (χ2n) is 4.98. The maximum Gasteiger partial charge on any atom is 0.227 e. The molecule has 2 N–H and O–H groups in total. The van der Waals surface area contributed by atoms with Crippen molar-refractivity contribution >= 4 is 34.2 Å². The smallest absolute Gasteiger partial charge is 0.227 e. The summed E-state index contributed by atoms with van der Waals surface area (Å²) in [6.45, 7) is 6.05. The topological polar surface area (TPSA) is 41.1 Å². The Morgan fingerprint density at radius 2 is 2.28 bits per heavy atom. The molecule has 3 nitrogen and oxygen atoms in total. The third-order valence-electron chi connectivity index (χ3n) is 3.65. The number of anilines is 1. The molecule has 1 aromatic rings. The molecule has 1 aliphatic heterocycles. The fourth-order valence-corrected chi connectivity index (χ4v) is 2.87. The summed E-state index contributed by atoms with van der Waals surface area (Å²) in [5.41, 5.74) is 2.09. The predicted octanol–water partition coefficient (Wildman–Crippen LogP) is 2.78. The van der Waals surface area contributed by atoms with Gasteiger partial charge < -0.3 is 10.6 Å². The zero-order chi connectivity index (χ0) is 13.1. The third-order valence-corrected chi connectivity index (χ3v) is 4.82. The molecule has 2 rings (SSSR count). The van der Waals surface area contributed by atoms with E-state index in [4.69, 9.17) is 0 Å². The van der Waals surface area contributed by atoms with Crippen molar-refractivity contribution in [3.63, 3.8) is 0 Å². The zero-order valence-electron chi connectivity index (χ0n) is 10.8. The minimum atomic E-state index is 0.128. The van der Waals surface area contributed by atoms with Gasteiger partial charge in [-0.2, -0.15) is 0 Å². The quantitative estimate of drug-likeness (QED) is 0.799. The molecule has 4 heteroatoms. The van der Waals surface area contributed by atoms with Crippen LogP contribution in [-0.4, -0.2) is 19.0 Å². The first-order valence-corrected chi connectivity index (χ1v) is 7.44. The number of hydrogen-bond acceptors (Lipinski definition) is 2. The molecule has 0 saturated carbocycles. The van der Waals surface area contributed by atoms with Gasteiger partial charge in [-0.25, -0.2) is 0 Å². The molecule has 0 spiro atoms. The highest BCUT2D eigenvalue weighted by atomic mass is 127. The van der Waals surface area contributed by atoms with Gasteiger partial charge in [-0.05, 0) is 72.6 Å². The molecule has 98 valence electrons. The molecule has 1 aromatic carbocycles. The van der Waals surface area contributed by atoms with Crippen molar-refractivity contribution in [2.75, 3.05) is 18.4 Å². The van der Waals surface area contributed by atoms with Crippen LogP contribution in [0.5, 0.6) is 0 Å². The normalized spacial score (nSPS) is 23.7. The van der Waals surface area contributed by atoms with E-state index in [0.717, 1.165) is 30.8 Å². The van der Waals surface area contributed by atoms with E-state index < -0.39 is 0 Å². The Balaban J connectivity index is 2.09. The molecule has 1 aliphatic rings. The summed E-state index contributed by atoms with van der Waals surface area (Å²) >= 11 is 2.29. The lowest BCUT2D eigenvalue weighted by Gasteiger charge is -2.28. The first kappa shape index (κ1) is 13.8. The summed E-state index contributed by atoms with van der Waals surface area (Å²) in [5, 5.41) is 6.40. The van der Waals surface area contributed by atoms with Crippen molar-refractivity contribution in [3.8, 4) is 0 Å². The Morgan fingerprint density at radius 1 is 1.50 bits per heavy atom. The van der Waals surface area contributed by atoms with E-state index in [1.807, 2.05) is 19.1 Å². The standard InChI is InChI=1S/C14H19IN2O/c1-9-8-16-7-6-11(9)14(18)17-13-5-3-4-12(15)10(13)2/h3-5,9,11,16H,6-8H2,1-2H3,(H,17,18). The van der Waals surface area contributed by atoms with Crippen molar-refractivity contribution < 1.29 is 4.79 Å². The van der Waals surface area contributed by atoms with E-state index in [1.54, 1.807) is 0 Å². The van der Waals surface area contributed by atoms with Crippen LogP contribution in [0.3, 0.4) is 0 Å². The Kier molecular flexibility index (Phi) is 4.61. The lowest BCUT2D eigenvalue weighted by atomic mass is 9.87. The lowest BCUT2D eigenvalue weighted by molar-refractivity contribution is -0.122. The Morgan fingerprint density at radius 3 is 3.00 bits per heavy atom. The van der Waals surface area contributed by atoms with Crippen LogP contribution >= 0.6 is 22.6 Å². The highest BCUT2D eigenvalue weighted by Gasteiger charge is 2.27. The summed E-state index contributed by atoms with van der Waals surface area (Å²) in [5.74, 6) is 0.694. The molecule has 1 fully saturated rings. The molecular formula is C14H19IN2O. The van der Waals surface area contributed by atoms with E-state index in [9.17, 15) is 4.79 Å². The average Bonchev–Trinajstić information content (AvgIpc) is 2.35. The van der Waals surface area contributed by atoms with Crippen LogP contribution in [0.1, 0.15) is 18.9 Å². The Bertz CT molecular complexity index is 447. The van der Waals surface area contributed by atoms with Crippen LogP contribution in [0.25, 0.3) is 0 Å². The minimum absolute atomic E-state index is 0.128. The van der Waals surface area contributed by atoms with Gasteiger partial charge in [0.2, 0.25) is 5.91 Å². The van der Waals surface area contributed by atoms with E-state index in [1.165, 1.54) is 3.57 Å². The Labute approximate surface area is 122 Å². The van der Waals surface area contributed by atoms with E-state index >= 15 is 0 Å². The molecule has 0 aliphatic carbocycles. The molecule has 1 heterocycles. The number of halogens is 1. The average molecular weight is 358 g/mol. The zero-order valence-corrected chi connectivity index (χ0v) is 13.0. The summed E-state index contributed by atoms with van der Waals surface area (Å²) in [6, 6.07) is 6.01. The van der Waals surface area contributed by atoms with Crippen LogP contribution in [0.4, 0.5) is 5.69 Å². The maximum atomic E-state index is 12.3. The predicted molar refractivity (Wildman–Crippen MR) is 82.7 cm³/mol. The summed E-state index contributed by atoms with van der Waals surface area (Å²) < 4.78 is 1.18. The highest BCUT2D eigenvalue weighted by Crippen LogP contribution is 2.24. The van der Waals surface area contributed by atoms with Gasteiger partial charge in [-0.1, -0.05) is 13.0 Å². The van der Waals surface area contributed by atoms with Crippen molar-refractivity contribution in [3.05, 3.63) is 27.3 Å². The number of rotatable bonds is 2. The van der Waals surface area contributed by atoms with Crippen molar-refractivity contribution in [1.82, 2.24) is 5.32 Å². The van der Waals surface area contributed by atoms with Gasteiger partial charge in [-0.3, -0.25) is 4.79 Å². The molecule has 1 amide bonds. The van der Waals surface area contributed by atoms with Gasteiger partial charge in [0.05, 0.1) is 0 Å². The summed E-state index contributed by atoms with van der Waals surface area (Å²) in [7, 11) is 0. The largest absolute Gasteiger partial charge is 0.326 e. The molecule has 0 radical (unpaired) electrons. The summed E-state index contributed by atoms with van der Waals surface area (Å²) in [6.07, 6.45) is 0.927. The molecule has 18 heavy (non-hydrogen) atoms. The number of carbonyl (C=O) groups is 1. The molecule has 2 atom stereocenters. The second-order valence-corrected chi connectivity index (χ2v) is 6.14. The highest BCUT2D eigenvalue weighted by molar-refractivity contribution is 14.1. The molecule has 0 bridgehead atoms. The minimum Gasteiger partial charge on any atom is -0.326 e. The Hall–Kier alpha value is -0.620. The van der Waals surface area contributed by atoms with E-state index in [2.05, 4.69) is 46.2 Å². The molecular weight excluding hydrogens is 339 g/mol. The fraction of sp³-hybridized carbons (Fsp3) is 0.500. The van der Waals surface area contributed by atoms with E-state index in [-0.39, 0.29) is 11.8 Å². The first-order chi connectivity index (χ1) is 8.59. The number of nitrogens with one attached hydrogen (secondary N) is 2. The van der Waals surface area contributed by atoms with Crippen LogP contribution in [0, 0.1) is 22.3 Å². The number of hydrogen-bond donors (Lipinski definition) is 2. The lowest BCUT2D eigenvalue weighted by Crippen LogP contribution is -2.41. The van der Waals surface area contributed by atoms with Crippen LogP contribution < -0.4 is 10.6 Å². The second kappa shape index (κ2) is 6.02. The first-order valence-electron chi connectivity index (χ1n) is 6.36. The molecule has 0 aromatic heterocycles. The van der Waals surface area contributed by atoms with Gasteiger partial charge in [0, 0.05) is 15.2 Å². The van der Waals surface area contributed by atoms with Crippen LogP contribution in [0.15, 0.2) is 18.2 Å². The van der Waals surface area contributed by atoms with Crippen molar-refractivity contribution in [2.45, 2.75) is 20.3 Å². The van der Waals surface area contributed by atoms with Gasteiger partial charge in [0.25, 0.3) is 0 Å². The number of benzene rings is 1.